The van der Waals surface area contributed by atoms with Crippen LogP contribution in [0.1, 0.15) is 50.7 Å². The summed E-state index contributed by atoms with van der Waals surface area (Å²) in [5, 5.41) is 1.73. The second kappa shape index (κ2) is 7.93. The minimum absolute atomic E-state index is 0.373. The molecule has 0 saturated heterocycles. The molecule has 0 bridgehead atoms. The van der Waals surface area contributed by atoms with Crippen LogP contribution in [0.4, 0.5) is 0 Å². The number of rotatable bonds is 8. The number of unbranched alkanes of at least 4 members (excludes halogenated alkanes) is 2. The largest absolute Gasteiger partial charge is 0.297 e. The molecule has 0 radical (unpaired) electrons. The molecule has 0 aliphatic heterocycles. The van der Waals surface area contributed by atoms with Crippen LogP contribution in [0.2, 0.25) is 0 Å². The van der Waals surface area contributed by atoms with E-state index in [-0.39, 0.29) is 0 Å². The van der Waals surface area contributed by atoms with Crippen LogP contribution in [-0.2, 0) is 27.1 Å². The first kappa shape index (κ1) is 18.0. The lowest BCUT2D eigenvalue weighted by Gasteiger charge is -2.17. The highest BCUT2D eigenvalue weighted by molar-refractivity contribution is 7.87. The second-order valence-corrected chi connectivity index (χ2v) is 7.54. The van der Waals surface area contributed by atoms with E-state index in [1.54, 1.807) is 0 Å². The average Bonchev–Trinajstić information content (AvgIpc) is 2.57. The van der Waals surface area contributed by atoms with Crippen molar-refractivity contribution in [2.24, 2.45) is 0 Å². The maximum absolute atomic E-state index is 12.6. The van der Waals surface area contributed by atoms with E-state index >= 15 is 0 Å². The summed E-state index contributed by atoms with van der Waals surface area (Å²) in [7, 11) is -2.49. The topological polar surface area (TPSA) is 43.4 Å². The zero-order valence-corrected chi connectivity index (χ0v) is 15.1. The van der Waals surface area contributed by atoms with Crippen molar-refractivity contribution >= 4 is 20.9 Å². The molecule has 0 aliphatic rings. The van der Waals surface area contributed by atoms with Crippen LogP contribution in [0.25, 0.3) is 10.8 Å². The van der Waals surface area contributed by atoms with E-state index in [0.717, 1.165) is 60.4 Å². The molecular weight excluding hydrogens is 308 g/mol. The third-order valence-electron chi connectivity index (χ3n) is 4.25. The number of hydrogen-bond donors (Lipinski definition) is 0. The number of hydrogen-bond acceptors (Lipinski definition) is 3. The van der Waals surface area contributed by atoms with Gasteiger partial charge in [0, 0.05) is 5.39 Å². The van der Waals surface area contributed by atoms with Gasteiger partial charge in [-0.1, -0.05) is 57.0 Å². The fourth-order valence-electron chi connectivity index (χ4n) is 3.00. The van der Waals surface area contributed by atoms with Gasteiger partial charge in [-0.05, 0) is 42.2 Å². The van der Waals surface area contributed by atoms with Crippen molar-refractivity contribution in [2.75, 3.05) is 7.11 Å². The van der Waals surface area contributed by atoms with E-state index in [0.29, 0.717) is 4.90 Å². The first-order valence-electron chi connectivity index (χ1n) is 8.39. The summed E-state index contributed by atoms with van der Waals surface area (Å²) in [4.78, 5) is 0.373. The van der Waals surface area contributed by atoms with E-state index in [1.807, 2.05) is 24.3 Å². The summed E-state index contributed by atoms with van der Waals surface area (Å²) in [6.07, 6.45) is 5.84. The summed E-state index contributed by atoms with van der Waals surface area (Å²) in [6, 6.07) is 9.83. The van der Waals surface area contributed by atoms with Gasteiger partial charge in [0.15, 0.2) is 0 Å². The van der Waals surface area contributed by atoms with Crippen molar-refractivity contribution < 1.29 is 12.6 Å². The molecule has 4 heteroatoms. The Kier molecular flexibility index (Phi) is 6.19. The van der Waals surface area contributed by atoms with Crippen LogP contribution < -0.4 is 0 Å². The number of benzene rings is 2. The van der Waals surface area contributed by atoms with E-state index in [9.17, 15) is 8.42 Å². The lowest BCUT2D eigenvalue weighted by molar-refractivity contribution is 0.397. The quantitative estimate of drug-likeness (QED) is 0.648. The van der Waals surface area contributed by atoms with Crippen LogP contribution >= 0.6 is 0 Å². The maximum Gasteiger partial charge on any atom is 0.297 e. The fourth-order valence-corrected chi connectivity index (χ4v) is 4.16. The highest BCUT2D eigenvalue weighted by Gasteiger charge is 2.23. The summed E-state index contributed by atoms with van der Waals surface area (Å²) in [5.74, 6) is 0. The standard InChI is InChI=1S/C19H26O3S/c1-4-6-10-15-14-16-11-8-9-13-18(16)19(23(20,21)22-3)17(15)12-7-5-2/h8-9,11,13-14H,4-7,10,12H2,1-3H3. The SMILES string of the molecule is CCCCc1cc2ccccc2c(S(=O)(=O)OC)c1CCCC. The monoisotopic (exact) mass is 334 g/mol. The lowest BCUT2D eigenvalue weighted by atomic mass is 9.94. The molecule has 23 heavy (non-hydrogen) atoms. The summed E-state index contributed by atoms with van der Waals surface area (Å²) in [5.41, 5.74) is 2.09. The predicted molar refractivity (Wildman–Crippen MR) is 95.4 cm³/mol. The summed E-state index contributed by atoms with van der Waals surface area (Å²) >= 11 is 0. The van der Waals surface area contributed by atoms with Gasteiger partial charge in [-0.25, -0.2) is 0 Å². The van der Waals surface area contributed by atoms with Crippen molar-refractivity contribution in [3.05, 3.63) is 41.5 Å². The van der Waals surface area contributed by atoms with Crippen molar-refractivity contribution in [3.8, 4) is 0 Å². The van der Waals surface area contributed by atoms with Crippen molar-refractivity contribution in [1.29, 1.82) is 0 Å². The number of fused-ring (bicyclic) bond motifs is 1. The highest BCUT2D eigenvalue weighted by Crippen LogP contribution is 2.33. The van der Waals surface area contributed by atoms with E-state index < -0.39 is 10.1 Å². The molecule has 0 heterocycles. The molecule has 0 amide bonds. The normalized spacial score (nSPS) is 12.0. The summed E-state index contributed by atoms with van der Waals surface area (Å²) < 4.78 is 30.1. The molecule has 0 atom stereocenters. The maximum atomic E-state index is 12.6. The molecule has 0 fully saturated rings. The van der Waals surface area contributed by atoms with Crippen LogP contribution in [-0.4, -0.2) is 15.5 Å². The molecule has 2 aromatic carbocycles. The van der Waals surface area contributed by atoms with Gasteiger partial charge in [-0.3, -0.25) is 4.18 Å². The molecule has 0 unspecified atom stereocenters. The molecule has 126 valence electrons. The van der Waals surface area contributed by atoms with Crippen LogP contribution in [0, 0.1) is 0 Å². The van der Waals surface area contributed by atoms with Crippen LogP contribution in [0.3, 0.4) is 0 Å². The lowest BCUT2D eigenvalue weighted by Crippen LogP contribution is -2.10. The van der Waals surface area contributed by atoms with Gasteiger partial charge < -0.3 is 0 Å². The van der Waals surface area contributed by atoms with E-state index in [2.05, 4.69) is 19.9 Å². The first-order chi connectivity index (χ1) is 11.0. The zero-order chi connectivity index (χ0) is 16.9. The molecule has 0 aliphatic carbocycles. The molecule has 2 rings (SSSR count). The fraction of sp³-hybridized carbons (Fsp3) is 0.474. The van der Waals surface area contributed by atoms with Gasteiger partial charge in [-0.15, -0.1) is 0 Å². The van der Waals surface area contributed by atoms with E-state index in [1.165, 1.54) is 7.11 Å². The van der Waals surface area contributed by atoms with Crippen LogP contribution in [0.15, 0.2) is 35.2 Å². The Labute approximate surface area is 139 Å². The minimum Gasteiger partial charge on any atom is -0.270 e. The molecule has 3 nitrogen and oxygen atoms in total. The average molecular weight is 334 g/mol. The zero-order valence-electron chi connectivity index (χ0n) is 14.3. The van der Waals surface area contributed by atoms with Gasteiger partial charge in [-0.2, -0.15) is 8.42 Å². The Morgan fingerprint density at radius 2 is 1.65 bits per heavy atom. The Morgan fingerprint density at radius 1 is 1.00 bits per heavy atom. The smallest absolute Gasteiger partial charge is 0.270 e. The van der Waals surface area contributed by atoms with Crippen molar-refractivity contribution in [3.63, 3.8) is 0 Å². The Hall–Kier alpha value is -1.39. The molecule has 0 aromatic heterocycles. The third kappa shape index (κ3) is 3.93. The Bertz CT molecular complexity index is 764. The Morgan fingerprint density at radius 3 is 2.30 bits per heavy atom. The minimum atomic E-state index is -3.73. The molecule has 2 aromatic rings. The highest BCUT2D eigenvalue weighted by atomic mass is 32.2. The molecule has 0 spiro atoms. The third-order valence-corrected chi connectivity index (χ3v) is 5.65. The van der Waals surface area contributed by atoms with E-state index in [4.69, 9.17) is 4.18 Å². The van der Waals surface area contributed by atoms with Gasteiger partial charge in [0.25, 0.3) is 10.1 Å². The molecule has 0 saturated carbocycles. The molecular formula is C19H26O3S. The first-order valence-corrected chi connectivity index (χ1v) is 9.80. The van der Waals surface area contributed by atoms with Gasteiger partial charge >= 0.3 is 0 Å². The van der Waals surface area contributed by atoms with Crippen molar-refractivity contribution in [2.45, 2.75) is 57.3 Å². The Balaban J connectivity index is 2.77. The summed E-state index contributed by atoms with van der Waals surface area (Å²) in [6.45, 7) is 4.27. The second-order valence-electron chi connectivity index (χ2n) is 5.89. The van der Waals surface area contributed by atoms with Gasteiger partial charge in [0.2, 0.25) is 0 Å². The van der Waals surface area contributed by atoms with Gasteiger partial charge in [0.1, 0.15) is 4.90 Å². The van der Waals surface area contributed by atoms with Crippen LogP contribution in [0.5, 0.6) is 0 Å². The predicted octanol–water partition coefficient (Wildman–Crippen LogP) is 4.86. The number of aryl methyl sites for hydroxylation is 1. The molecule has 0 N–H and O–H groups in total. The van der Waals surface area contributed by atoms with Crippen molar-refractivity contribution in [1.82, 2.24) is 0 Å². The van der Waals surface area contributed by atoms with Gasteiger partial charge in [0.05, 0.1) is 7.11 Å².